The molecule has 1 heterocycles. The van der Waals surface area contributed by atoms with Crippen LogP contribution in [0.4, 0.5) is 0 Å². The zero-order valence-electron chi connectivity index (χ0n) is 5.39. The molecule has 0 aromatic carbocycles. The summed E-state index contributed by atoms with van der Waals surface area (Å²) in [5.74, 6) is 0.222. The quantitative estimate of drug-likeness (QED) is 0.461. The van der Waals surface area contributed by atoms with Crippen LogP contribution in [0.25, 0.3) is 0 Å². The van der Waals surface area contributed by atoms with Crippen molar-refractivity contribution in [1.82, 2.24) is 10.6 Å². The SMILES string of the molecule is O=CC1CCNCNC1. The molecule has 0 amide bonds. The van der Waals surface area contributed by atoms with Crippen molar-refractivity contribution in [2.45, 2.75) is 6.42 Å². The van der Waals surface area contributed by atoms with Gasteiger partial charge in [-0.25, -0.2) is 0 Å². The molecule has 1 fully saturated rings. The first-order valence-corrected chi connectivity index (χ1v) is 3.30. The van der Waals surface area contributed by atoms with Crippen LogP contribution in [0.2, 0.25) is 0 Å². The third-order valence-electron chi connectivity index (χ3n) is 1.54. The lowest BCUT2D eigenvalue weighted by molar-refractivity contribution is -0.111. The second-order valence-corrected chi connectivity index (χ2v) is 2.32. The van der Waals surface area contributed by atoms with E-state index >= 15 is 0 Å². The molecule has 0 bridgehead atoms. The number of carbonyl (C=O) groups excluding carboxylic acids is 1. The molecule has 2 N–H and O–H groups in total. The number of nitrogens with one attached hydrogen (secondary N) is 2. The fraction of sp³-hybridized carbons (Fsp3) is 0.833. The first-order valence-electron chi connectivity index (χ1n) is 3.30. The average molecular weight is 128 g/mol. The van der Waals surface area contributed by atoms with E-state index in [0.29, 0.717) is 0 Å². The highest BCUT2D eigenvalue weighted by atomic mass is 16.1. The Hall–Kier alpha value is -0.410. The summed E-state index contributed by atoms with van der Waals surface area (Å²) in [6.07, 6.45) is 2.00. The van der Waals surface area contributed by atoms with Gasteiger partial charge in [0, 0.05) is 19.1 Å². The lowest BCUT2D eigenvalue weighted by atomic mass is 10.1. The van der Waals surface area contributed by atoms with Gasteiger partial charge in [-0.3, -0.25) is 0 Å². The van der Waals surface area contributed by atoms with Crippen LogP contribution in [0.3, 0.4) is 0 Å². The Balaban J connectivity index is 2.26. The molecule has 0 aromatic rings. The van der Waals surface area contributed by atoms with Crippen molar-refractivity contribution in [1.29, 1.82) is 0 Å². The maximum atomic E-state index is 10.2. The lowest BCUT2D eigenvalue weighted by Gasteiger charge is -2.01. The van der Waals surface area contributed by atoms with Crippen molar-refractivity contribution in [3.63, 3.8) is 0 Å². The smallest absolute Gasteiger partial charge is 0.124 e. The summed E-state index contributed by atoms with van der Waals surface area (Å²) in [6, 6.07) is 0. The van der Waals surface area contributed by atoms with E-state index in [0.717, 1.165) is 32.5 Å². The second kappa shape index (κ2) is 3.58. The van der Waals surface area contributed by atoms with Crippen LogP contribution in [0.1, 0.15) is 6.42 Å². The van der Waals surface area contributed by atoms with Crippen LogP contribution in [0.5, 0.6) is 0 Å². The van der Waals surface area contributed by atoms with Crippen molar-refractivity contribution in [3.8, 4) is 0 Å². The summed E-state index contributed by atoms with van der Waals surface area (Å²) >= 11 is 0. The first kappa shape index (κ1) is 6.71. The van der Waals surface area contributed by atoms with Gasteiger partial charge in [0.1, 0.15) is 6.29 Å². The molecule has 1 saturated heterocycles. The van der Waals surface area contributed by atoms with Crippen molar-refractivity contribution >= 4 is 6.29 Å². The van der Waals surface area contributed by atoms with E-state index in [2.05, 4.69) is 10.6 Å². The highest BCUT2D eigenvalue weighted by molar-refractivity contribution is 5.53. The van der Waals surface area contributed by atoms with E-state index in [9.17, 15) is 4.79 Å². The predicted octanol–water partition coefficient (Wildman–Crippen LogP) is -0.658. The normalized spacial score (nSPS) is 29.1. The van der Waals surface area contributed by atoms with E-state index in [1.54, 1.807) is 0 Å². The van der Waals surface area contributed by atoms with E-state index in [4.69, 9.17) is 0 Å². The number of aldehydes is 1. The molecular formula is C6H12N2O. The summed E-state index contributed by atoms with van der Waals surface area (Å²) in [6.45, 7) is 2.62. The Morgan fingerprint density at radius 2 is 2.33 bits per heavy atom. The zero-order valence-corrected chi connectivity index (χ0v) is 5.39. The van der Waals surface area contributed by atoms with Gasteiger partial charge >= 0.3 is 0 Å². The maximum absolute atomic E-state index is 10.2. The molecule has 3 heteroatoms. The van der Waals surface area contributed by atoms with Gasteiger partial charge in [0.25, 0.3) is 0 Å². The Labute approximate surface area is 54.8 Å². The monoisotopic (exact) mass is 128 g/mol. The first-order chi connectivity index (χ1) is 4.43. The lowest BCUT2D eigenvalue weighted by Crippen LogP contribution is -2.27. The van der Waals surface area contributed by atoms with Crippen LogP contribution >= 0.6 is 0 Å². The minimum Gasteiger partial charge on any atom is -0.304 e. The second-order valence-electron chi connectivity index (χ2n) is 2.32. The summed E-state index contributed by atoms with van der Waals surface area (Å²) in [4.78, 5) is 10.2. The van der Waals surface area contributed by atoms with Gasteiger partial charge in [0.05, 0.1) is 0 Å². The summed E-state index contributed by atoms with van der Waals surface area (Å²) in [5, 5.41) is 6.25. The Morgan fingerprint density at radius 3 is 3.11 bits per heavy atom. The largest absolute Gasteiger partial charge is 0.304 e. The van der Waals surface area contributed by atoms with E-state index < -0.39 is 0 Å². The van der Waals surface area contributed by atoms with Crippen molar-refractivity contribution in [2.75, 3.05) is 19.8 Å². The summed E-state index contributed by atoms with van der Waals surface area (Å²) in [7, 11) is 0. The number of rotatable bonds is 1. The molecule has 9 heavy (non-hydrogen) atoms. The molecule has 0 spiro atoms. The molecular weight excluding hydrogens is 116 g/mol. The van der Waals surface area contributed by atoms with Gasteiger partial charge in [-0.15, -0.1) is 0 Å². The maximum Gasteiger partial charge on any atom is 0.124 e. The van der Waals surface area contributed by atoms with Crippen LogP contribution in [-0.4, -0.2) is 26.0 Å². The third-order valence-corrected chi connectivity index (χ3v) is 1.54. The van der Waals surface area contributed by atoms with Crippen LogP contribution in [0.15, 0.2) is 0 Å². The molecule has 1 atom stereocenters. The highest BCUT2D eigenvalue weighted by Crippen LogP contribution is 1.97. The molecule has 52 valence electrons. The van der Waals surface area contributed by atoms with Gasteiger partial charge in [0.2, 0.25) is 0 Å². The van der Waals surface area contributed by atoms with Crippen LogP contribution in [-0.2, 0) is 4.79 Å². The molecule has 1 aliphatic rings. The van der Waals surface area contributed by atoms with Gasteiger partial charge in [-0.1, -0.05) is 0 Å². The number of hydrogen-bond acceptors (Lipinski definition) is 3. The molecule has 0 aromatic heterocycles. The summed E-state index contributed by atoms with van der Waals surface area (Å²) in [5.41, 5.74) is 0. The molecule has 0 saturated carbocycles. The predicted molar refractivity (Wildman–Crippen MR) is 35.0 cm³/mol. The number of carbonyl (C=O) groups is 1. The molecule has 0 aliphatic carbocycles. The van der Waals surface area contributed by atoms with Gasteiger partial charge in [-0.05, 0) is 13.0 Å². The molecule has 3 nitrogen and oxygen atoms in total. The summed E-state index contributed by atoms with van der Waals surface area (Å²) < 4.78 is 0. The standard InChI is InChI=1S/C6H12N2O/c9-4-6-1-2-7-5-8-3-6/h4,6-8H,1-3,5H2. The third kappa shape index (κ3) is 2.11. The van der Waals surface area contributed by atoms with Gasteiger partial charge < -0.3 is 15.4 Å². The molecule has 1 unspecified atom stereocenters. The molecule has 1 aliphatic heterocycles. The number of hydrogen-bond donors (Lipinski definition) is 2. The minimum absolute atomic E-state index is 0.222. The Bertz CT molecular complexity index is 87.1. The van der Waals surface area contributed by atoms with E-state index in [1.807, 2.05) is 0 Å². The van der Waals surface area contributed by atoms with Gasteiger partial charge in [-0.2, -0.15) is 0 Å². The van der Waals surface area contributed by atoms with Crippen LogP contribution < -0.4 is 10.6 Å². The van der Waals surface area contributed by atoms with Crippen LogP contribution in [0, 0.1) is 5.92 Å². The highest BCUT2D eigenvalue weighted by Gasteiger charge is 2.08. The zero-order chi connectivity index (χ0) is 6.53. The minimum atomic E-state index is 0.222. The Kier molecular flexibility index (Phi) is 2.67. The topological polar surface area (TPSA) is 41.1 Å². The van der Waals surface area contributed by atoms with Crippen molar-refractivity contribution in [3.05, 3.63) is 0 Å². The van der Waals surface area contributed by atoms with Crippen molar-refractivity contribution in [2.24, 2.45) is 5.92 Å². The fourth-order valence-electron chi connectivity index (χ4n) is 0.940. The Morgan fingerprint density at radius 1 is 1.44 bits per heavy atom. The molecule has 1 rings (SSSR count). The van der Waals surface area contributed by atoms with E-state index in [1.165, 1.54) is 0 Å². The van der Waals surface area contributed by atoms with Gasteiger partial charge in [0.15, 0.2) is 0 Å². The average Bonchev–Trinajstić information content (AvgIpc) is 2.13. The van der Waals surface area contributed by atoms with E-state index in [-0.39, 0.29) is 5.92 Å². The molecule has 0 radical (unpaired) electrons. The fourth-order valence-corrected chi connectivity index (χ4v) is 0.940. The van der Waals surface area contributed by atoms with Crippen molar-refractivity contribution < 1.29 is 4.79 Å².